The summed E-state index contributed by atoms with van der Waals surface area (Å²) in [5, 5.41) is 0. The molecule has 15 heavy (non-hydrogen) atoms. The summed E-state index contributed by atoms with van der Waals surface area (Å²) in [5.74, 6) is 0. The van der Waals surface area contributed by atoms with Crippen LogP contribution in [0.25, 0.3) is 0 Å². The van der Waals surface area contributed by atoms with Crippen molar-refractivity contribution in [3.8, 4) is 0 Å². The second-order valence-electron chi connectivity index (χ2n) is 3.64. The molecule has 0 fully saturated rings. The number of thioether (sulfide) groups is 1. The van der Waals surface area contributed by atoms with Crippen LogP contribution in [0.5, 0.6) is 0 Å². The highest BCUT2D eigenvalue weighted by molar-refractivity contribution is 8.14. The average Bonchev–Trinajstić information content (AvgIpc) is 2.40. The number of rotatable bonds is 1. The molecular weight excluding hydrogens is 230 g/mol. The Morgan fingerprint density at radius 3 is 2.53 bits per heavy atom. The van der Waals surface area contributed by atoms with Gasteiger partial charge in [0.25, 0.3) is 10.0 Å². The molecule has 82 valence electrons. The van der Waals surface area contributed by atoms with Crippen LogP contribution in [0.15, 0.2) is 24.3 Å². The van der Waals surface area contributed by atoms with Crippen molar-refractivity contribution in [1.82, 2.24) is 0 Å². The lowest BCUT2D eigenvalue weighted by atomic mass is 10.1. The summed E-state index contributed by atoms with van der Waals surface area (Å²) >= 11 is 1.36. The third kappa shape index (κ3) is 1.16. The number of sulfonamides is 1. The largest absolute Gasteiger partial charge is 0.272 e. The number of para-hydroxylation sites is 1. The van der Waals surface area contributed by atoms with Crippen molar-refractivity contribution in [1.29, 1.82) is 0 Å². The zero-order chi connectivity index (χ0) is 11.3. The maximum atomic E-state index is 12.2. The highest BCUT2D eigenvalue weighted by atomic mass is 32.3. The molecule has 0 N–H and O–H groups in total. The highest BCUT2D eigenvalue weighted by Crippen LogP contribution is 2.51. The molecule has 0 saturated carbocycles. The number of nitrogens with zero attached hydrogens (tertiary/aromatic N) is 1. The van der Waals surface area contributed by atoms with E-state index in [0.717, 1.165) is 11.3 Å². The summed E-state index contributed by atoms with van der Waals surface area (Å²) in [5.41, 5.74) is 1.66. The topological polar surface area (TPSA) is 37.4 Å². The van der Waals surface area contributed by atoms with Crippen LogP contribution in [0.4, 0.5) is 5.69 Å². The monoisotopic (exact) mass is 243 g/mol. The molecule has 1 heterocycles. The van der Waals surface area contributed by atoms with Crippen LogP contribution in [0.1, 0.15) is 12.5 Å². The minimum atomic E-state index is -3.28. The minimum Gasteiger partial charge on any atom is -0.272 e. The first-order valence-corrected chi connectivity index (χ1v) is 7.25. The molecule has 5 heteroatoms. The molecule has 0 bridgehead atoms. The summed E-state index contributed by atoms with van der Waals surface area (Å²) in [6, 6.07) is 7.46. The molecule has 0 amide bonds. The van der Waals surface area contributed by atoms with E-state index in [2.05, 4.69) is 0 Å². The molecule has 0 saturated heterocycles. The van der Waals surface area contributed by atoms with E-state index in [9.17, 15) is 8.42 Å². The molecule has 1 aliphatic heterocycles. The maximum absolute atomic E-state index is 12.2. The lowest BCUT2D eigenvalue weighted by Gasteiger charge is -2.22. The summed E-state index contributed by atoms with van der Waals surface area (Å²) in [7, 11) is -1.67. The van der Waals surface area contributed by atoms with Gasteiger partial charge in [-0.05, 0) is 19.2 Å². The van der Waals surface area contributed by atoms with E-state index in [1.54, 1.807) is 14.0 Å². The molecule has 1 aliphatic rings. The zero-order valence-electron chi connectivity index (χ0n) is 8.89. The van der Waals surface area contributed by atoms with Gasteiger partial charge in [0, 0.05) is 12.6 Å². The van der Waals surface area contributed by atoms with E-state index in [-0.39, 0.29) is 0 Å². The fourth-order valence-corrected chi connectivity index (χ4v) is 4.84. The van der Waals surface area contributed by atoms with Crippen molar-refractivity contribution in [3.05, 3.63) is 29.8 Å². The van der Waals surface area contributed by atoms with Crippen molar-refractivity contribution in [2.75, 3.05) is 17.6 Å². The number of hydrogen-bond donors (Lipinski definition) is 0. The van der Waals surface area contributed by atoms with Crippen molar-refractivity contribution >= 4 is 27.5 Å². The fraction of sp³-hybridized carbons (Fsp3) is 0.400. The minimum absolute atomic E-state index is 0.786. The van der Waals surface area contributed by atoms with Gasteiger partial charge >= 0.3 is 0 Å². The van der Waals surface area contributed by atoms with Crippen LogP contribution in [0.2, 0.25) is 0 Å². The van der Waals surface area contributed by atoms with Crippen LogP contribution in [0, 0.1) is 0 Å². The van der Waals surface area contributed by atoms with Gasteiger partial charge in [-0.2, -0.15) is 0 Å². The SMILES string of the molecule is CSC1(C)c2ccccc2N(C)S1(=O)=O. The van der Waals surface area contributed by atoms with Crippen LogP contribution in [-0.4, -0.2) is 21.7 Å². The van der Waals surface area contributed by atoms with E-state index < -0.39 is 14.1 Å². The smallest absolute Gasteiger partial charge is 0.254 e. The van der Waals surface area contributed by atoms with Crippen molar-refractivity contribution in [2.24, 2.45) is 0 Å². The van der Waals surface area contributed by atoms with Gasteiger partial charge in [0.05, 0.1) is 5.69 Å². The third-order valence-electron chi connectivity index (χ3n) is 2.97. The first kappa shape index (κ1) is 10.8. The Morgan fingerprint density at radius 1 is 1.33 bits per heavy atom. The van der Waals surface area contributed by atoms with E-state index in [4.69, 9.17) is 0 Å². The highest BCUT2D eigenvalue weighted by Gasteiger charge is 2.50. The van der Waals surface area contributed by atoms with Gasteiger partial charge in [0.1, 0.15) is 0 Å². The lowest BCUT2D eigenvalue weighted by Crippen LogP contribution is -2.33. The molecule has 0 radical (unpaired) electrons. The molecule has 1 aromatic rings. The average molecular weight is 243 g/mol. The maximum Gasteiger partial charge on any atom is 0.254 e. The standard InChI is InChI=1S/C10H13NO2S2/c1-10(14-3)8-6-4-5-7-9(8)11(2)15(10,12)13/h4-7H,1-3H3. The molecule has 1 unspecified atom stereocenters. The third-order valence-corrected chi connectivity index (χ3v) is 7.23. The first-order valence-electron chi connectivity index (χ1n) is 4.58. The predicted molar refractivity (Wildman–Crippen MR) is 64.6 cm³/mol. The molecule has 0 spiro atoms. The van der Waals surface area contributed by atoms with E-state index in [1.807, 2.05) is 30.5 Å². The van der Waals surface area contributed by atoms with Crippen LogP contribution < -0.4 is 4.31 Å². The van der Waals surface area contributed by atoms with Crippen LogP contribution in [-0.2, 0) is 14.1 Å². The molecule has 0 aromatic heterocycles. The molecule has 2 rings (SSSR count). The van der Waals surface area contributed by atoms with Crippen LogP contribution >= 0.6 is 11.8 Å². The second kappa shape index (κ2) is 3.15. The second-order valence-corrected chi connectivity index (χ2v) is 7.44. The van der Waals surface area contributed by atoms with E-state index >= 15 is 0 Å². The number of anilines is 1. The molecule has 3 nitrogen and oxygen atoms in total. The van der Waals surface area contributed by atoms with Gasteiger partial charge in [-0.15, -0.1) is 11.8 Å². The Morgan fingerprint density at radius 2 is 1.93 bits per heavy atom. The first-order chi connectivity index (χ1) is 6.95. The van der Waals surface area contributed by atoms with Crippen molar-refractivity contribution in [2.45, 2.75) is 11.0 Å². The number of fused-ring (bicyclic) bond motifs is 1. The molecule has 1 aromatic carbocycles. The lowest BCUT2D eigenvalue weighted by molar-refractivity contribution is 0.584. The Balaban J connectivity index is 2.79. The molecular formula is C10H13NO2S2. The fourth-order valence-electron chi connectivity index (χ4n) is 1.88. The van der Waals surface area contributed by atoms with Gasteiger partial charge in [-0.1, -0.05) is 18.2 Å². The zero-order valence-corrected chi connectivity index (χ0v) is 10.5. The predicted octanol–water partition coefficient (Wildman–Crippen LogP) is 2.00. The van der Waals surface area contributed by atoms with Crippen molar-refractivity contribution in [3.63, 3.8) is 0 Å². The Kier molecular flexibility index (Phi) is 2.28. The number of hydrogen-bond acceptors (Lipinski definition) is 3. The van der Waals surface area contributed by atoms with Crippen molar-refractivity contribution < 1.29 is 8.42 Å². The Hall–Kier alpha value is -0.680. The van der Waals surface area contributed by atoms with Gasteiger partial charge in [-0.3, -0.25) is 4.31 Å². The van der Waals surface area contributed by atoms with Gasteiger partial charge in [0.15, 0.2) is 4.08 Å². The van der Waals surface area contributed by atoms with Crippen LogP contribution in [0.3, 0.4) is 0 Å². The molecule has 1 atom stereocenters. The summed E-state index contributed by atoms with van der Waals surface area (Å²) in [4.78, 5) is 0. The summed E-state index contributed by atoms with van der Waals surface area (Å²) in [6.07, 6.45) is 1.83. The normalized spacial score (nSPS) is 27.8. The summed E-state index contributed by atoms with van der Waals surface area (Å²) < 4.78 is 24.9. The van der Waals surface area contributed by atoms with Gasteiger partial charge < -0.3 is 0 Å². The number of benzene rings is 1. The molecule has 0 aliphatic carbocycles. The Bertz CT molecular complexity index is 498. The van der Waals surface area contributed by atoms with E-state index in [1.165, 1.54) is 16.1 Å². The van der Waals surface area contributed by atoms with E-state index in [0.29, 0.717) is 0 Å². The van der Waals surface area contributed by atoms with Gasteiger partial charge in [-0.25, -0.2) is 8.42 Å². The quantitative estimate of drug-likeness (QED) is 0.757. The van der Waals surface area contributed by atoms with Gasteiger partial charge in [0.2, 0.25) is 0 Å². The summed E-state index contributed by atoms with van der Waals surface area (Å²) in [6.45, 7) is 1.76. The Labute approximate surface area is 94.5 Å².